The lowest BCUT2D eigenvalue weighted by Crippen LogP contribution is -2.28. The Morgan fingerprint density at radius 3 is 2.10 bits per heavy atom. The molecule has 0 unspecified atom stereocenters. The van der Waals surface area contributed by atoms with E-state index in [0.29, 0.717) is 5.78 Å². The Kier molecular flexibility index (Phi) is 1.51. The lowest BCUT2D eigenvalue weighted by molar-refractivity contribution is -0.128. The topological polar surface area (TPSA) is 17.1 Å². The molecule has 56 valence electrons. The van der Waals surface area contributed by atoms with Gasteiger partial charge in [0.1, 0.15) is 5.78 Å². The predicted molar refractivity (Wildman–Crippen MR) is 39.7 cm³/mol. The molecule has 2 rings (SSSR count). The molecule has 0 saturated heterocycles. The van der Waals surface area contributed by atoms with Crippen LogP contribution in [0.5, 0.6) is 0 Å². The molecule has 2 aliphatic rings. The van der Waals surface area contributed by atoms with Crippen LogP contribution < -0.4 is 0 Å². The zero-order valence-corrected chi connectivity index (χ0v) is 6.31. The van der Waals surface area contributed by atoms with Crippen molar-refractivity contribution in [1.82, 2.24) is 0 Å². The van der Waals surface area contributed by atoms with E-state index in [1.807, 2.05) is 0 Å². The van der Waals surface area contributed by atoms with Crippen LogP contribution in [0.3, 0.4) is 0 Å². The SMILES string of the molecule is O=C1CC(C2CCCC2)C1. The van der Waals surface area contributed by atoms with Gasteiger partial charge in [-0.15, -0.1) is 0 Å². The minimum atomic E-state index is 0.497. The summed E-state index contributed by atoms with van der Waals surface area (Å²) in [6.45, 7) is 0. The summed E-state index contributed by atoms with van der Waals surface area (Å²) in [5.41, 5.74) is 0. The number of carbonyl (C=O) groups is 1. The van der Waals surface area contributed by atoms with Gasteiger partial charge in [0.2, 0.25) is 0 Å². The van der Waals surface area contributed by atoms with Gasteiger partial charge in [-0.2, -0.15) is 0 Å². The Hall–Kier alpha value is -0.330. The van der Waals surface area contributed by atoms with Gasteiger partial charge >= 0.3 is 0 Å². The van der Waals surface area contributed by atoms with Gasteiger partial charge in [-0.25, -0.2) is 0 Å². The number of carbonyl (C=O) groups excluding carboxylic acids is 1. The summed E-state index contributed by atoms with van der Waals surface area (Å²) in [5.74, 6) is 2.23. The van der Waals surface area contributed by atoms with E-state index >= 15 is 0 Å². The first-order chi connectivity index (χ1) is 4.86. The van der Waals surface area contributed by atoms with Crippen LogP contribution in [0.15, 0.2) is 0 Å². The molecule has 0 aromatic carbocycles. The molecule has 0 atom stereocenters. The maximum Gasteiger partial charge on any atom is 0.133 e. The van der Waals surface area contributed by atoms with E-state index in [-0.39, 0.29) is 0 Å². The van der Waals surface area contributed by atoms with Crippen molar-refractivity contribution in [3.8, 4) is 0 Å². The first-order valence-corrected chi connectivity index (χ1v) is 4.38. The third-order valence-corrected chi connectivity index (χ3v) is 3.05. The molecule has 10 heavy (non-hydrogen) atoms. The minimum absolute atomic E-state index is 0.497. The fourth-order valence-corrected chi connectivity index (χ4v) is 2.29. The lowest BCUT2D eigenvalue weighted by Gasteiger charge is -2.29. The van der Waals surface area contributed by atoms with Crippen LogP contribution in [0.25, 0.3) is 0 Å². The van der Waals surface area contributed by atoms with Crippen molar-refractivity contribution in [1.29, 1.82) is 0 Å². The molecule has 2 saturated carbocycles. The molecular weight excluding hydrogens is 124 g/mol. The van der Waals surface area contributed by atoms with Gasteiger partial charge in [0.05, 0.1) is 0 Å². The Labute approximate surface area is 61.8 Å². The van der Waals surface area contributed by atoms with Crippen LogP contribution >= 0.6 is 0 Å². The summed E-state index contributed by atoms with van der Waals surface area (Å²) in [6, 6.07) is 0. The molecule has 0 heterocycles. The van der Waals surface area contributed by atoms with E-state index in [1.54, 1.807) is 0 Å². The zero-order chi connectivity index (χ0) is 6.97. The second kappa shape index (κ2) is 2.37. The number of Topliss-reactive ketones (excluding diaryl/α,β-unsaturated/α-hetero) is 1. The third kappa shape index (κ3) is 0.979. The normalized spacial score (nSPS) is 29.0. The molecule has 0 N–H and O–H groups in total. The molecule has 0 amide bonds. The van der Waals surface area contributed by atoms with Crippen molar-refractivity contribution in [2.75, 3.05) is 0 Å². The second-order valence-corrected chi connectivity index (χ2v) is 3.75. The smallest absolute Gasteiger partial charge is 0.133 e. The molecule has 0 radical (unpaired) electrons. The molecule has 0 aromatic heterocycles. The summed E-state index contributed by atoms with van der Waals surface area (Å²) < 4.78 is 0. The van der Waals surface area contributed by atoms with Crippen LogP contribution in [0.4, 0.5) is 0 Å². The van der Waals surface area contributed by atoms with Crippen molar-refractivity contribution in [2.24, 2.45) is 11.8 Å². The average molecular weight is 138 g/mol. The Bertz CT molecular complexity index is 137. The van der Waals surface area contributed by atoms with Crippen LogP contribution in [0.1, 0.15) is 38.5 Å². The highest BCUT2D eigenvalue weighted by Crippen LogP contribution is 2.40. The molecule has 0 bridgehead atoms. The van der Waals surface area contributed by atoms with Crippen LogP contribution in [-0.2, 0) is 4.79 Å². The van der Waals surface area contributed by atoms with E-state index in [1.165, 1.54) is 25.7 Å². The first kappa shape index (κ1) is 6.38. The molecule has 1 nitrogen and oxygen atoms in total. The summed E-state index contributed by atoms with van der Waals surface area (Å²) in [6.07, 6.45) is 7.44. The highest BCUT2D eigenvalue weighted by atomic mass is 16.1. The van der Waals surface area contributed by atoms with Gasteiger partial charge in [0, 0.05) is 12.8 Å². The van der Waals surface area contributed by atoms with Crippen LogP contribution in [-0.4, -0.2) is 5.78 Å². The lowest BCUT2D eigenvalue weighted by atomic mass is 9.74. The number of hydrogen-bond donors (Lipinski definition) is 0. The molecule has 2 fully saturated rings. The van der Waals surface area contributed by atoms with Crippen molar-refractivity contribution >= 4 is 5.78 Å². The van der Waals surface area contributed by atoms with Gasteiger partial charge in [0.15, 0.2) is 0 Å². The average Bonchev–Trinajstić information content (AvgIpc) is 2.31. The van der Waals surface area contributed by atoms with Crippen LogP contribution in [0, 0.1) is 11.8 Å². The highest BCUT2D eigenvalue weighted by molar-refractivity contribution is 5.84. The number of rotatable bonds is 1. The van der Waals surface area contributed by atoms with Crippen molar-refractivity contribution < 1.29 is 4.79 Å². The molecule has 0 aliphatic heterocycles. The Morgan fingerprint density at radius 1 is 1.00 bits per heavy atom. The minimum Gasteiger partial charge on any atom is -0.300 e. The fraction of sp³-hybridized carbons (Fsp3) is 0.889. The van der Waals surface area contributed by atoms with Gasteiger partial charge < -0.3 is 0 Å². The number of hydrogen-bond acceptors (Lipinski definition) is 1. The van der Waals surface area contributed by atoms with E-state index in [0.717, 1.165) is 24.7 Å². The van der Waals surface area contributed by atoms with Gasteiger partial charge in [-0.3, -0.25) is 4.79 Å². The first-order valence-electron chi connectivity index (χ1n) is 4.38. The summed E-state index contributed by atoms with van der Waals surface area (Å²) >= 11 is 0. The largest absolute Gasteiger partial charge is 0.300 e. The van der Waals surface area contributed by atoms with Crippen molar-refractivity contribution in [3.63, 3.8) is 0 Å². The van der Waals surface area contributed by atoms with E-state index in [2.05, 4.69) is 0 Å². The van der Waals surface area contributed by atoms with E-state index in [4.69, 9.17) is 0 Å². The summed E-state index contributed by atoms with van der Waals surface area (Å²) in [4.78, 5) is 10.7. The van der Waals surface area contributed by atoms with Crippen LogP contribution in [0.2, 0.25) is 0 Å². The van der Waals surface area contributed by atoms with E-state index < -0.39 is 0 Å². The Balaban J connectivity index is 1.83. The summed E-state index contributed by atoms with van der Waals surface area (Å²) in [5, 5.41) is 0. The molecule has 2 aliphatic carbocycles. The molecule has 0 spiro atoms. The van der Waals surface area contributed by atoms with E-state index in [9.17, 15) is 4.79 Å². The summed E-state index contributed by atoms with van der Waals surface area (Å²) in [7, 11) is 0. The maximum absolute atomic E-state index is 10.7. The van der Waals surface area contributed by atoms with Gasteiger partial charge in [-0.05, 0) is 11.8 Å². The highest BCUT2D eigenvalue weighted by Gasteiger charge is 2.34. The standard InChI is InChI=1S/C9H14O/c10-9-5-8(6-9)7-3-1-2-4-7/h7-8H,1-6H2. The monoisotopic (exact) mass is 138 g/mol. The van der Waals surface area contributed by atoms with Crippen molar-refractivity contribution in [3.05, 3.63) is 0 Å². The Morgan fingerprint density at radius 2 is 1.60 bits per heavy atom. The maximum atomic E-state index is 10.7. The molecular formula is C9H14O. The predicted octanol–water partition coefficient (Wildman–Crippen LogP) is 2.16. The molecule has 1 heteroatoms. The van der Waals surface area contributed by atoms with Crippen molar-refractivity contribution in [2.45, 2.75) is 38.5 Å². The van der Waals surface area contributed by atoms with Gasteiger partial charge in [0.25, 0.3) is 0 Å². The number of ketones is 1. The second-order valence-electron chi connectivity index (χ2n) is 3.75. The third-order valence-electron chi connectivity index (χ3n) is 3.05. The fourth-order valence-electron chi connectivity index (χ4n) is 2.29. The quantitative estimate of drug-likeness (QED) is 0.542. The molecule has 0 aromatic rings. The zero-order valence-electron chi connectivity index (χ0n) is 6.31. The van der Waals surface area contributed by atoms with Gasteiger partial charge in [-0.1, -0.05) is 25.7 Å².